The molecule has 2 amide bonds. The van der Waals surface area contributed by atoms with Crippen molar-refractivity contribution in [3.8, 4) is 5.75 Å². The van der Waals surface area contributed by atoms with Crippen LogP contribution in [-0.2, 0) is 11.3 Å². The van der Waals surface area contributed by atoms with Crippen LogP contribution in [0.2, 0.25) is 0 Å². The summed E-state index contributed by atoms with van der Waals surface area (Å²) in [5, 5.41) is 16.0. The summed E-state index contributed by atoms with van der Waals surface area (Å²) in [5.41, 5.74) is 1.12. The average Bonchev–Trinajstić information content (AvgIpc) is 3.06. The third kappa shape index (κ3) is 4.30. The van der Waals surface area contributed by atoms with E-state index in [0.29, 0.717) is 23.2 Å². The molecule has 9 heteroatoms. The topological polar surface area (TPSA) is 98.2 Å². The number of hydrogen-bond donors (Lipinski definition) is 1. The number of halogens is 1. The minimum absolute atomic E-state index is 0. The van der Waals surface area contributed by atoms with Crippen LogP contribution in [-0.4, -0.2) is 40.3 Å². The molecule has 3 heterocycles. The van der Waals surface area contributed by atoms with Crippen LogP contribution in [0.15, 0.2) is 42.6 Å². The number of hydrogen-bond acceptors (Lipinski definition) is 5. The van der Waals surface area contributed by atoms with Crippen LogP contribution in [0.25, 0.3) is 10.9 Å². The van der Waals surface area contributed by atoms with Gasteiger partial charge in [0, 0.05) is 44.1 Å². The second kappa shape index (κ2) is 9.07. The number of carbonyl (C=O) groups is 2. The zero-order valence-electron chi connectivity index (χ0n) is 16.7. The van der Waals surface area contributed by atoms with E-state index in [-0.39, 0.29) is 71.4 Å². The Labute approximate surface area is 194 Å². The normalized spacial score (nSPS) is 15.9. The summed E-state index contributed by atoms with van der Waals surface area (Å²) in [7, 11) is 1.71. The standard InChI is InChI=1S/C21H19FN4O3.Na/c1-26-11-13(9-16(26)27)17-15-3-2-8-23-18(15)20(28)19(25-17)21(29)24-10-12-4-6-14(22)7-5-12;/h2-8,13,28H,9-11H2,1H3,(H,24,29);/q;+1/p-1. The fourth-order valence-corrected chi connectivity index (χ4v) is 3.52. The van der Waals surface area contributed by atoms with Crippen molar-refractivity contribution >= 4 is 22.7 Å². The number of amides is 2. The molecule has 1 unspecified atom stereocenters. The molecule has 0 saturated carbocycles. The number of rotatable bonds is 4. The van der Waals surface area contributed by atoms with Gasteiger partial charge in [0.25, 0.3) is 5.91 Å². The van der Waals surface area contributed by atoms with Crippen molar-refractivity contribution in [2.75, 3.05) is 13.6 Å². The molecule has 1 fully saturated rings. The monoisotopic (exact) mass is 416 g/mol. The third-order valence-corrected chi connectivity index (χ3v) is 5.06. The largest absolute Gasteiger partial charge is 1.00 e. The summed E-state index contributed by atoms with van der Waals surface area (Å²) < 4.78 is 13.0. The molecule has 1 aliphatic rings. The fraction of sp³-hybridized carbons (Fsp3) is 0.238. The van der Waals surface area contributed by atoms with Gasteiger partial charge >= 0.3 is 29.6 Å². The Bertz CT molecular complexity index is 1110. The predicted octanol–water partition coefficient (Wildman–Crippen LogP) is -1.28. The Hall–Kier alpha value is -2.55. The second-order valence-electron chi connectivity index (χ2n) is 7.06. The molecule has 1 aromatic carbocycles. The molecule has 148 valence electrons. The third-order valence-electron chi connectivity index (χ3n) is 5.06. The van der Waals surface area contributed by atoms with E-state index in [1.807, 2.05) is 0 Å². The minimum atomic E-state index is -0.634. The van der Waals surface area contributed by atoms with Gasteiger partial charge in [0.1, 0.15) is 11.5 Å². The molecule has 4 rings (SSSR count). The second-order valence-corrected chi connectivity index (χ2v) is 7.06. The first-order chi connectivity index (χ1) is 13.9. The van der Waals surface area contributed by atoms with Crippen molar-refractivity contribution in [3.63, 3.8) is 0 Å². The van der Waals surface area contributed by atoms with Gasteiger partial charge in [0.05, 0.1) is 11.2 Å². The van der Waals surface area contributed by atoms with Crippen molar-refractivity contribution in [2.24, 2.45) is 0 Å². The zero-order valence-corrected chi connectivity index (χ0v) is 18.7. The number of pyridine rings is 2. The molecule has 1 N–H and O–H groups in total. The SMILES string of the molecule is CN1CC(c2nc(C(=O)NCc3ccc(F)cc3)c([O-])c3ncccc23)CC1=O.[Na+]. The molecule has 1 aliphatic heterocycles. The Morgan fingerprint density at radius 3 is 2.70 bits per heavy atom. The van der Waals surface area contributed by atoms with Crippen molar-refractivity contribution < 1.29 is 48.6 Å². The summed E-state index contributed by atoms with van der Waals surface area (Å²) in [6.07, 6.45) is 1.75. The number of fused-ring (bicyclic) bond motifs is 1. The molecule has 30 heavy (non-hydrogen) atoms. The minimum Gasteiger partial charge on any atom is -0.869 e. The fourth-order valence-electron chi connectivity index (χ4n) is 3.52. The van der Waals surface area contributed by atoms with Crippen molar-refractivity contribution in [1.82, 2.24) is 20.2 Å². The Morgan fingerprint density at radius 2 is 2.03 bits per heavy atom. The summed E-state index contributed by atoms with van der Waals surface area (Å²) in [6.45, 7) is 0.588. The van der Waals surface area contributed by atoms with Gasteiger partial charge in [-0.1, -0.05) is 12.1 Å². The maximum Gasteiger partial charge on any atom is 1.00 e. The summed E-state index contributed by atoms with van der Waals surface area (Å²) >= 11 is 0. The number of benzene rings is 1. The Kier molecular flexibility index (Phi) is 6.70. The average molecular weight is 416 g/mol. The van der Waals surface area contributed by atoms with Gasteiger partial charge in [-0.25, -0.2) is 9.37 Å². The van der Waals surface area contributed by atoms with Crippen LogP contribution in [0, 0.1) is 5.82 Å². The molecule has 1 atom stereocenters. The van der Waals surface area contributed by atoms with Crippen molar-refractivity contribution in [1.29, 1.82) is 0 Å². The number of aromatic nitrogens is 2. The quantitative estimate of drug-likeness (QED) is 0.535. The smallest absolute Gasteiger partial charge is 0.869 e. The van der Waals surface area contributed by atoms with Crippen LogP contribution in [0.5, 0.6) is 5.75 Å². The van der Waals surface area contributed by atoms with E-state index < -0.39 is 11.7 Å². The number of nitrogens with zero attached hydrogens (tertiary/aromatic N) is 3. The summed E-state index contributed by atoms with van der Waals surface area (Å²) in [5.74, 6) is -1.79. The van der Waals surface area contributed by atoms with E-state index >= 15 is 0 Å². The molecule has 7 nitrogen and oxygen atoms in total. The Morgan fingerprint density at radius 1 is 1.30 bits per heavy atom. The van der Waals surface area contributed by atoms with Crippen LogP contribution in [0.4, 0.5) is 4.39 Å². The number of likely N-dealkylation sites (tertiary alicyclic amines) is 1. The molecule has 0 spiro atoms. The number of likely N-dealkylation sites (N-methyl/N-ethyl adjacent to an activating group) is 1. The summed E-state index contributed by atoms with van der Waals surface area (Å²) in [6, 6.07) is 9.12. The molecule has 2 aromatic heterocycles. The van der Waals surface area contributed by atoms with Gasteiger partial charge in [0.2, 0.25) is 5.91 Å². The molecule has 1 saturated heterocycles. The maximum absolute atomic E-state index is 13.0. The maximum atomic E-state index is 13.0. The van der Waals surface area contributed by atoms with Gasteiger partial charge in [-0.15, -0.1) is 0 Å². The van der Waals surface area contributed by atoms with E-state index in [1.54, 1.807) is 36.2 Å². The first-order valence-electron chi connectivity index (χ1n) is 9.16. The number of nitrogens with one attached hydrogen (secondary N) is 1. The van der Waals surface area contributed by atoms with E-state index in [1.165, 1.54) is 18.3 Å². The van der Waals surface area contributed by atoms with Crippen LogP contribution >= 0.6 is 0 Å². The Balaban J connectivity index is 0.00000256. The molecule has 0 bridgehead atoms. The molecule has 0 radical (unpaired) electrons. The van der Waals surface area contributed by atoms with Crippen molar-refractivity contribution in [3.05, 3.63) is 65.4 Å². The van der Waals surface area contributed by atoms with Crippen LogP contribution in [0.3, 0.4) is 0 Å². The molecular weight excluding hydrogens is 398 g/mol. The van der Waals surface area contributed by atoms with Gasteiger partial charge in [-0.3, -0.25) is 14.6 Å². The molecular formula is C21H18FN4NaO3. The summed E-state index contributed by atoms with van der Waals surface area (Å²) in [4.78, 5) is 34.8. The van der Waals surface area contributed by atoms with E-state index in [0.717, 1.165) is 0 Å². The van der Waals surface area contributed by atoms with Crippen LogP contribution < -0.4 is 40.0 Å². The van der Waals surface area contributed by atoms with Gasteiger partial charge in [0.15, 0.2) is 0 Å². The van der Waals surface area contributed by atoms with E-state index in [2.05, 4.69) is 15.3 Å². The number of carbonyl (C=O) groups excluding carboxylic acids is 2. The van der Waals surface area contributed by atoms with E-state index in [4.69, 9.17) is 0 Å². The first kappa shape index (κ1) is 22.1. The zero-order chi connectivity index (χ0) is 20.5. The first-order valence-corrected chi connectivity index (χ1v) is 9.16. The van der Waals surface area contributed by atoms with Gasteiger partial charge < -0.3 is 15.3 Å². The van der Waals surface area contributed by atoms with Crippen molar-refractivity contribution in [2.45, 2.75) is 18.9 Å². The predicted molar refractivity (Wildman–Crippen MR) is 102 cm³/mol. The van der Waals surface area contributed by atoms with Crippen LogP contribution in [0.1, 0.15) is 34.1 Å². The molecule has 0 aliphatic carbocycles. The molecule has 3 aromatic rings. The van der Waals surface area contributed by atoms with Gasteiger partial charge in [-0.05, 0) is 35.6 Å². The van der Waals surface area contributed by atoms with E-state index in [9.17, 15) is 19.1 Å². The van der Waals surface area contributed by atoms with Gasteiger partial charge in [-0.2, -0.15) is 0 Å².